The van der Waals surface area contributed by atoms with E-state index in [1.807, 2.05) is 0 Å². The van der Waals surface area contributed by atoms with Gasteiger partial charge in [0.05, 0.1) is 26.8 Å². The molecule has 0 saturated heterocycles. The molecule has 0 amide bonds. The van der Waals surface area contributed by atoms with Crippen LogP contribution in [0.25, 0.3) is 33.8 Å². The molecule has 0 fully saturated rings. The Morgan fingerprint density at radius 1 is 0.917 bits per heavy atom. The molecular weight excluding hydrogens is 357 g/mol. The molecule has 0 saturated carbocycles. The molecule has 2 heterocycles. The van der Waals surface area contributed by atoms with E-state index in [2.05, 4.69) is 20.2 Å². The first-order valence-corrected chi connectivity index (χ1v) is 7.63. The summed E-state index contributed by atoms with van der Waals surface area (Å²) in [5.74, 6) is -1.30. The van der Waals surface area contributed by atoms with Crippen LogP contribution in [0.2, 0.25) is 10.0 Å². The van der Waals surface area contributed by atoms with Gasteiger partial charge >= 0.3 is 0 Å². The smallest absolute Gasteiger partial charge is 0.159 e. The zero-order valence-electron chi connectivity index (χ0n) is 11.9. The number of imidazole rings is 1. The minimum Gasteiger partial charge on any atom is -0.337 e. The number of benzene rings is 2. The second-order valence-corrected chi connectivity index (χ2v) is 5.98. The van der Waals surface area contributed by atoms with E-state index < -0.39 is 11.6 Å². The van der Waals surface area contributed by atoms with Gasteiger partial charge in [-0.1, -0.05) is 23.2 Å². The lowest BCUT2D eigenvalue weighted by molar-refractivity contribution is 0.509. The molecule has 0 aliphatic rings. The van der Waals surface area contributed by atoms with Crippen LogP contribution in [0.5, 0.6) is 0 Å². The van der Waals surface area contributed by atoms with Crippen molar-refractivity contribution in [2.24, 2.45) is 0 Å². The molecule has 0 radical (unpaired) electrons. The maximum atomic E-state index is 13.4. The topological polar surface area (TPSA) is 57.4 Å². The number of fused-ring (bicyclic) bond motifs is 1. The molecule has 0 bridgehead atoms. The molecule has 0 spiro atoms. The average molecular weight is 365 g/mol. The highest BCUT2D eigenvalue weighted by Gasteiger charge is 2.12. The Morgan fingerprint density at radius 3 is 2.50 bits per heavy atom. The fourth-order valence-electron chi connectivity index (χ4n) is 2.38. The monoisotopic (exact) mass is 364 g/mol. The average Bonchev–Trinajstić information content (AvgIpc) is 3.17. The molecular formula is C16H8Cl2F2N4. The second kappa shape index (κ2) is 5.58. The third-order valence-corrected chi connectivity index (χ3v) is 4.29. The van der Waals surface area contributed by atoms with Crippen LogP contribution in [-0.2, 0) is 0 Å². The third kappa shape index (κ3) is 2.53. The highest BCUT2D eigenvalue weighted by Crippen LogP contribution is 2.29. The van der Waals surface area contributed by atoms with E-state index in [0.29, 0.717) is 38.3 Å². The Balaban J connectivity index is 1.75. The number of hydrogen-bond donors (Lipinski definition) is 2. The Bertz CT molecular complexity index is 1030. The molecule has 2 N–H and O–H groups in total. The van der Waals surface area contributed by atoms with Crippen molar-refractivity contribution in [3.63, 3.8) is 0 Å². The van der Waals surface area contributed by atoms with Gasteiger partial charge in [0.15, 0.2) is 17.5 Å². The second-order valence-electron chi connectivity index (χ2n) is 5.16. The van der Waals surface area contributed by atoms with Crippen molar-refractivity contribution in [2.75, 3.05) is 0 Å². The lowest BCUT2D eigenvalue weighted by Crippen LogP contribution is -1.85. The van der Waals surface area contributed by atoms with Gasteiger partial charge in [-0.3, -0.25) is 5.10 Å². The zero-order chi connectivity index (χ0) is 16.8. The van der Waals surface area contributed by atoms with Gasteiger partial charge in [0.25, 0.3) is 0 Å². The Kier molecular flexibility index (Phi) is 3.51. The van der Waals surface area contributed by atoms with Gasteiger partial charge in [0, 0.05) is 5.56 Å². The molecule has 2 aromatic carbocycles. The van der Waals surface area contributed by atoms with E-state index in [4.69, 9.17) is 23.2 Å². The molecule has 4 nitrogen and oxygen atoms in total. The quantitative estimate of drug-likeness (QED) is 0.513. The predicted molar refractivity (Wildman–Crippen MR) is 89.0 cm³/mol. The predicted octanol–water partition coefficient (Wildman–Crippen LogP) is 5.21. The minimum absolute atomic E-state index is 0.411. The first-order chi connectivity index (χ1) is 11.5. The molecule has 4 rings (SSSR count). The summed E-state index contributed by atoms with van der Waals surface area (Å²) in [5.41, 5.74) is 2.91. The summed E-state index contributed by atoms with van der Waals surface area (Å²) in [4.78, 5) is 7.53. The first-order valence-electron chi connectivity index (χ1n) is 6.87. The van der Waals surface area contributed by atoms with E-state index in [1.54, 1.807) is 18.2 Å². The molecule has 2 aromatic heterocycles. The number of halogens is 4. The highest BCUT2D eigenvalue weighted by molar-refractivity contribution is 6.42. The zero-order valence-corrected chi connectivity index (χ0v) is 13.4. The van der Waals surface area contributed by atoms with Crippen molar-refractivity contribution >= 4 is 34.2 Å². The fraction of sp³-hybridized carbons (Fsp3) is 0. The molecule has 0 atom stereocenters. The maximum Gasteiger partial charge on any atom is 0.159 e. The number of H-pyrrole nitrogens is 2. The van der Waals surface area contributed by atoms with E-state index in [-0.39, 0.29) is 0 Å². The standard InChI is InChI=1S/C16H8Cl2F2N4/c17-8-4-13-14(5-9(8)18)22-16(21-13)15-6-12(23-24-15)7-1-2-10(19)11(20)3-7/h1-6H,(H,21,22)(H,23,24). The normalized spacial score (nSPS) is 11.3. The molecule has 120 valence electrons. The number of aromatic nitrogens is 4. The van der Waals surface area contributed by atoms with Crippen LogP contribution in [0.1, 0.15) is 0 Å². The molecule has 0 aliphatic heterocycles. The van der Waals surface area contributed by atoms with Gasteiger partial charge in [0.2, 0.25) is 0 Å². The van der Waals surface area contributed by atoms with Gasteiger partial charge in [0.1, 0.15) is 5.69 Å². The molecule has 0 unspecified atom stereocenters. The summed E-state index contributed by atoms with van der Waals surface area (Å²) < 4.78 is 26.4. The number of nitrogens with one attached hydrogen (secondary N) is 2. The summed E-state index contributed by atoms with van der Waals surface area (Å²) >= 11 is 12.0. The van der Waals surface area contributed by atoms with Gasteiger partial charge in [-0.2, -0.15) is 5.10 Å². The number of rotatable bonds is 2. The van der Waals surface area contributed by atoms with E-state index in [1.165, 1.54) is 6.07 Å². The summed E-state index contributed by atoms with van der Waals surface area (Å²) in [6, 6.07) is 8.63. The van der Waals surface area contributed by atoms with Gasteiger partial charge in [-0.15, -0.1) is 0 Å². The number of nitrogens with zero attached hydrogens (tertiary/aromatic N) is 2. The van der Waals surface area contributed by atoms with E-state index in [0.717, 1.165) is 17.6 Å². The maximum absolute atomic E-state index is 13.4. The molecule has 0 aliphatic carbocycles. The largest absolute Gasteiger partial charge is 0.337 e. The minimum atomic E-state index is -0.926. The van der Waals surface area contributed by atoms with E-state index in [9.17, 15) is 8.78 Å². The first kappa shape index (κ1) is 15.1. The Hall–Kier alpha value is -2.44. The fourth-order valence-corrected chi connectivity index (χ4v) is 2.70. The van der Waals surface area contributed by atoms with Crippen molar-refractivity contribution in [1.82, 2.24) is 20.2 Å². The molecule has 8 heteroatoms. The van der Waals surface area contributed by atoms with Gasteiger partial charge in [-0.05, 0) is 36.4 Å². The lowest BCUT2D eigenvalue weighted by Gasteiger charge is -1.96. The van der Waals surface area contributed by atoms with Crippen LogP contribution in [0.3, 0.4) is 0 Å². The lowest BCUT2D eigenvalue weighted by atomic mass is 10.1. The summed E-state index contributed by atoms with van der Waals surface area (Å²) in [6.07, 6.45) is 0. The van der Waals surface area contributed by atoms with Crippen LogP contribution >= 0.6 is 23.2 Å². The number of aromatic amines is 2. The molecule has 4 aromatic rings. The van der Waals surface area contributed by atoms with Crippen molar-refractivity contribution in [3.05, 3.63) is 58.1 Å². The van der Waals surface area contributed by atoms with Crippen LogP contribution < -0.4 is 0 Å². The SMILES string of the molecule is Fc1ccc(-c2cc(-c3nc4cc(Cl)c(Cl)cc4[nH]3)[nH]n2)cc1F. The Morgan fingerprint density at radius 2 is 1.71 bits per heavy atom. The third-order valence-electron chi connectivity index (χ3n) is 3.57. The summed E-state index contributed by atoms with van der Waals surface area (Å²) in [5, 5.41) is 7.77. The van der Waals surface area contributed by atoms with Crippen LogP contribution in [-0.4, -0.2) is 20.2 Å². The van der Waals surface area contributed by atoms with Crippen molar-refractivity contribution < 1.29 is 8.78 Å². The summed E-state index contributed by atoms with van der Waals surface area (Å²) in [6.45, 7) is 0. The van der Waals surface area contributed by atoms with Crippen LogP contribution in [0, 0.1) is 11.6 Å². The van der Waals surface area contributed by atoms with Crippen molar-refractivity contribution in [2.45, 2.75) is 0 Å². The van der Waals surface area contributed by atoms with Crippen molar-refractivity contribution in [3.8, 4) is 22.8 Å². The highest BCUT2D eigenvalue weighted by atomic mass is 35.5. The Labute approximate surface area is 144 Å². The summed E-state index contributed by atoms with van der Waals surface area (Å²) in [7, 11) is 0. The number of hydrogen-bond acceptors (Lipinski definition) is 2. The van der Waals surface area contributed by atoms with E-state index >= 15 is 0 Å². The van der Waals surface area contributed by atoms with Gasteiger partial charge in [-0.25, -0.2) is 13.8 Å². The molecule has 24 heavy (non-hydrogen) atoms. The van der Waals surface area contributed by atoms with Crippen LogP contribution in [0.4, 0.5) is 8.78 Å². The van der Waals surface area contributed by atoms with Crippen LogP contribution in [0.15, 0.2) is 36.4 Å². The van der Waals surface area contributed by atoms with Gasteiger partial charge < -0.3 is 4.98 Å². The van der Waals surface area contributed by atoms with Crippen molar-refractivity contribution in [1.29, 1.82) is 0 Å².